The Morgan fingerprint density at radius 2 is 0.590 bits per heavy atom. The topological polar surface area (TPSA) is 43.6 Å². The molecule has 0 saturated heterocycles. The maximum Gasteiger partial charge on any atom is 0.166 e. The van der Waals surface area contributed by atoms with E-state index in [1.165, 1.54) is 21.9 Å². The average Bonchev–Trinajstić information content (AvgIpc) is 3.69. The summed E-state index contributed by atoms with van der Waals surface area (Å²) in [6, 6.07) is 81.1. The van der Waals surface area contributed by atoms with Crippen LogP contribution in [0.5, 0.6) is 0 Å². The minimum atomic E-state index is 0.596. The van der Waals surface area contributed by atoms with Crippen LogP contribution in [0.1, 0.15) is 0 Å². The van der Waals surface area contributed by atoms with Crippen molar-refractivity contribution < 1.29 is 0 Å². The molecule has 0 fully saturated rings. The minimum absolute atomic E-state index is 0.596. The van der Waals surface area contributed by atoms with Gasteiger partial charge in [0.25, 0.3) is 0 Å². The molecule has 4 heteroatoms. The number of aromatic nitrogens is 4. The van der Waals surface area contributed by atoms with Crippen molar-refractivity contribution in [3.05, 3.63) is 231 Å². The van der Waals surface area contributed by atoms with Crippen LogP contribution in [0.15, 0.2) is 231 Å². The molecule has 9 aromatic carbocycles. The minimum Gasteiger partial charge on any atom is -0.308 e. The quantitative estimate of drug-likeness (QED) is 0.154. The van der Waals surface area contributed by atoms with Gasteiger partial charge in [-0.15, -0.1) is 0 Å². The van der Waals surface area contributed by atoms with Gasteiger partial charge in [-0.05, 0) is 80.9 Å². The van der Waals surface area contributed by atoms with Crippen molar-refractivity contribution in [2.45, 2.75) is 0 Å². The summed E-state index contributed by atoms with van der Waals surface area (Å²) in [5, 5.41) is 2.38. The Balaban J connectivity index is 1.12. The third kappa shape index (κ3) is 6.86. The van der Waals surface area contributed by atoms with Gasteiger partial charge in [-0.25, -0.2) is 15.0 Å². The standard InChI is InChI=1S/C57H38N4/c1-4-16-39(17-5-1)42-30-32-43(33-31-42)45-23-15-25-48(37-45)56-58-55(47-24-14-22-44(36-47)40-18-6-2-7-19-40)59-57(60-56)51-35-34-46(41-20-8-3-9-21-41)38-54(51)61-52-28-12-10-26-49(52)50-27-11-13-29-53(50)61/h1-38H. The van der Waals surface area contributed by atoms with Crippen molar-refractivity contribution in [3.8, 4) is 84.4 Å². The predicted molar refractivity (Wildman–Crippen MR) is 252 cm³/mol. The van der Waals surface area contributed by atoms with Crippen molar-refractivity contribution in [1.29, 1.82) is 0 Å². The Morgan fingerprint density at radius 1 is 0.246 bits per heavy atom. The summed E-state index contributed by atoms with van der Waals surface area (Å²) in [6.07, 6.45) is 0. The van der Waals surface area contributed by atoms with Crippen LogP contribution in [0.2, 0.25) is 0 Å². The number of benzene rings is 9. The SMILES string of the molecule is c1ccc(-c2ccc(-c3cccc(-c4nc(-c5cccc(-c6ccccc6)c5)nc(-c5ccc(-c6ccccc6)cc5-n5c6ccccc6c6ccccc65)n4)c3)cc2)cc1. The molecular weight excluding hydrogens is 741 g/mol. The number of rotatable bonds is 8. The maximum atomic E-state index is 5.37. The molecule has 4 nitrogen and oxygen atoms in total. The molecule has 0 aliphatic rings. The van der Waals surface area contributed by atoms with Crippen molar-refractivity contribution in [2.24, 2.45) is 0 Å². The molecule has 286 valence electrons. The van der Waals surface area contributed by atoms with Gasteiger partial charge in [0, 0.05) is 27.5 Å². The highest BCUT2D eigenvalue weighted by Gasteiger charge is 2.21. The van der Waals surface area contributed by atoms with Gasteiger partial charge in [0.2, 0.25) is 0 Å². The van der Waals surface area contributed by atoms with Crippen LogP contribution >= 0.6 is 0 Å². The molecule has 11 aromatic rings. The van der Waals surface area contributed by atoms with Gasteiger partial charge in [-0.1, -0.05) is 194 Å². The lowest BCUT2D eigenvalue weighted by atomic mass is 9.99. The zero-order valence-electron chi connectivity index (χ0n) is 33.2. The maximum absolute atomic E-state index is 5.37. The summed E-state index contributed by atoms with van der Waals surface area (Å²) < 4.78 is 2.37. The summed E-state index contributed by atoms with van der Waals surface area (Å²) in [4.78, 5) is 16.0. The molecule has 0 saturated carbocycles. The zero-order chi connectivity index (χ0) is 40.5. The zero-order valence-corrected chi connectivity index (χ0v) is 33.2. The lowest BCUT2D eigenvalue weighted by molar-refractivity contribution is 1.06. The summed E-state index contributed by atoms with van der Waals surface area (Å²) in [7, 11) is 0. The summed E-state index contributed by atoms with van der Waals surface area (Å²) in [6.45, 7) is 0. The van der Waals surface area contributed by atoms with Crippen LogP contribution in [0.4, 0.5) is 0 Å². The van der Waals surface area contributed by atoms with Crippen LogP contribution in [-0.2, 0) is 0 Å². The van der Waals surface area contributed by atoms with Gasteiger partial charge in [-0.3, -0.25) is 0 Å². The number of hydrogen-bond acceptors (Lipinski definition) is 3. The largest absolute Gasteiger partial charge is 0.308 e. The second-order valence-corrected chi connectivity index (χ2v) is 15.2. The van der Waals surface area contributed by atoms with Crippen LogP contribution < -0.4 is 0 Å². The molecule has 0 amide bonds. The van der Waals surface area contributed by atoms with Crippen molar-refractivity contribution >= 4 is 21.8 Å². The van der Waals surface area contributed by atoms with Gasteiger partial charge in [0.1, 0.15) is 0 Å². The van der Waals surface area contributed by atoms with E-state index in [1.54, 1.807) is 0 Å². The fraction of sp³-hybridized carbons (Fsp3) is 0. The van der Waals surface area contributed by atoms with E-state index < -0.39 is 0 Å². The second-order valence-electron chi connectivity index (χ2n) is 15.2. The van der Waals surface area contributed by atoms with Gasteiger partial charge in [0.15, 0.2) is 17.5 Å². The van der Waals surface area contributed by atoms with E-state index >= 15 is 0 Å². The van der Waals surface area contributed by atoms with E-state index in [0.29, 0.717) is 17.5 Å². The highest BCUT2D eigenvalue weighted by atomic mass is 15.1. The van der Waals surface area contributed by atoms with E-state index in [9.17, 15) is 0 Å². The number of para-hydroxylation sites is 2. The Kier molecular flexibility index (Phi) is 9.14. The fourth-order valence-electron chi connectivity index (χ4n) is 8.44. The fourth-order valence-corrected chi connectivity index (χ4v) is 8.44. The first-order chi connectivity index (χ1) is 30.2. The van der Waals surface area contributed by atoms with Crippen LogP contribution in [0.25, 0.3) is 106 Å². The second kappa shape index (κ2) is 15.5. The predicted octanol–water partition coefficient (Wildman–Crippen LogP) is 14.6. The molecular formula is C57H38N4. The Bertz CT molecular complexity index is 3280. The van der Waals surface area contributed by atoms with Crippen LogP contribution in [0.3, 0.4) is 0 Å². The first kappa shape index (κ1) is 35.9. The molecule has 0 aliphatic carbocycles. The number of nitrogens with zero attached hydrogens (tertiary/aromatic N) is 4. The van der Waals surface area contributed by atoms with E-state index in [2.05, 4.69) is 223 Å². The molecule has 0 N–H and O–H groups in total. The smallest absolute Gasteiger partial charge is 0.166 e. The Labute approximate surface area is 354 Å². The van der Waals surface area contributed by atoms with E-state index in [0.717, 1.165) is 66.8 Å². The molecule has 0 spiro atoms. The van der Waals surface area contributed by atoms with E-state index in [1.807, 2.05) is 12.1 Å². The summed E-state index contributed by atoms with van der Waals surface area (Å²) >= 11 is 0. The number of fused-ring (bicyclic) bond motifs is 3. The van der Waals surface area contributed by atoms with Crippen molar-refractivity contribution in [1.82, 2.24) is 19.5 Å². The van der Waals surface area contributed by atoms with Gasteiger partial charge in [0.05, 0.1) is 16.7 Å². The monoisotopic (exact) mass is 778 g/mol. The lowest BCUT2D eigenvalue weighted by Crippen LogP contribution is -2.04. The molecule has 0 unspecified atom stereocenters. The van der Waals surface area contributed by atoms with Gasteiger partial charge < -0.3 is 4.57 Å². The highest BCUT2D eigenvalue weighted by molar-refractivity contribution is 6.09. The first-order valence-corrected chi connectivity index (χ1v) is 20.6. The Morgan fingerprint density at radius 3 is 1.10 bits per heavy atom. The Hall–Kier alpha value is -8.21. The molecule has 61 heavy (non-hydrogen) atoms. The lowest BCUT2D eigenvalue weighted by Gasteiger charge is -2.16. The van der Waals surface area contributed by atoms with Crippen LogP contribution in [0, 0.1) is 0 Å². The van der Waals surface area contributed by atoms with E-state index in [4.69, 9.17) is 15.0 Å². The molecule has 0 atom stereocenters. The molecule has 2 aromatic heterocycles. The third-order valence-corrected chi connectivity index (χ3v) is 11.5. The summed E-state index contributed by atoms with van der Waals surface area (Å²) in [5.41, 5.74) is 15.0. The normalized spacial score (nSPS) is 11.3. The van der Waals surface area contributed by atoms with Gasteiger partial charge >= 0.3 is 0 Å². The number of hydrogen-bond donors (Lipinski definition) is 0. The third-order valence-electron chi connectivity index (χ3n) is 11.5. The van der Waals surface area contributed by atoms with E-state index in [-0.39, 0.29) is 0 Å². The van der Waals surface area contributed by atoms with Crippen molar-refractivity contribution in [2.75, 3.05) is 0 Å². The average molecular weight is 779 g/mol. The molecule has 0 radical (unpaired) electrons. The molecule has 11 rings (SSSR count). The van der Waals surface area contributed by atoms with Crippen molar-refractivity contribution in [3.63, 3.8) is 0 Å². The molecule has 0 bridgehead atoms. The highest BCUT2D eigenvalue weighted by Crippen LogP contribution is 2.39. The van der Waals surface area contributed by atoms with Crippen LogP contribution in [-0.4, -0.2) is 19.5 Å². The summed E-state index contributed by atoms with van der Waals surface area (Å²) in [5.74, 6) is 1.81. The molecule has 0 aliphatic heterocycles. The first-order valence-electron chi connectivity index (χ1n) is 20.6. The van der Waals surface area contributed by atoms with Gasteiger partial charge in [-0.2, -0.15) is 0 Å². The molecule has 2 heterocycles.